The van der Waals surface area contributed by atoms with Gasteiger partial charge in [0.25, 0.3) is 0 Å². The summed E-state index contributed by atoms with van der Waals surface area (Å²) in [5, 5.41) is 0. The lowest BCUT2D eigenvalue weighted by atomic mass is 9.96. The van der Waals surface area contributed by atoms with E-state index in [0.717, 1.165) is 12.4 Å². The summed E-state index contributed by atoms with van der Waals surface area (Å²) in [7, 11) is 0. The molecule has 1 nitrogen and oxygen atoms in total. The first kappa shape index (κ1) is 5.67. The molecule has 0 aromatic carbocycles. The Morgan fingerprint density at radius 1 is 1.62 bits per heavy atom. The van der Waals surface area contributed by atoms with Gasteiger partial charge in [0.15, 0.2) is 0 Å². The molecule has 1 aliphatic rings. The van der Waals surface area contributed by atoms with Crippen LogP contribution in [0.15, 0.2) is 11.8 Å². The molecular formula is C7H12O. The van der Waals surface area contributed by atoms with Crippen molar-refractivity contribution in [2.75, 3.05) is 6.61 Å². The molecule has 46 valence electrons. The molecule has 0 atom stereocenters. The highest BCUT2D eigenvalue weighted by Gasteiger charge is 2.21. The molecule has 0 saturated carbocycles. The second kappa shape index (κ2) is 1.51. The molecule has 0 N–H and O–H groups in total. The Kier molecular flexibility index (Phi) is 1.07. The van der Waals surface area contributed by atoms with Crippen LogP contribution in [-0.2, 0) is 4.74 Å². The van der Waals surface area contributed by atoms with Crippen LogP contribution in [-0.4, -0.2) is 6.61 Å². The molecular weight excluding hydrogens is 100 g/mol. The van der Waals surface area contributed by atoms with Crippen molar-refractivity contribution in [2.45, 2.75) is 20.8 Å². The molecule has 0 bridgehead atoms. The summed E-state index contributed by atoms with van der Waals surface area (Å²) in [5.41, 5.74) is 0.282. The van der Waals surface area contributed by atoms with Gasteiger partial charge in [0.2, 0.25) is 0 Å². The van der Waals surface area contributed by atoms with Crippen molar-refractivity contribution in [1.82, 2.24) is 0 Å². The minimum atomic E-state index is 0.282. The van der Waals surface area contributed by atoms with Gasteiger partial charge in [0, 0.05) is 5.41 Å². The van der Waals surface area contributed by atoms with Gasteiger partial charge in [-0.15, -0.1) is 0 Å². The third-order valence-electron chi connectivity index (χ3n) is 1.27. The molecule has 0 fully saturated rings. The van der Waals surface area contributed by atoms with Crippen molar-refractivity contribution in [3.63, 3.8) is 0 Å². The van der Waals surface area contributed by atoms with Crippen LogP contribution in [0.1, 0.15) is 20.8 Å². The average Bonchev–Trinajstić information content (AvgIpc) is 1.82. The van der Waals surface area contributed by atoms with Gasteiger partial charge < -0.3 is 4.74 Å². The lowest BCUT2D eigenvalue weighted by Crippen LogP contribution is -2.08. The van der Waals surface area contributed by atoms with Gasteiger partial charge in [-0.2, -0.15) is 0 Å². The third kappa shape index (κ3) is 1.03. The van der Waals surface area contributed by atoms with Crippen molar-refractivity contribution in [1.29, 1.82) is 0 Å². The van der Waals surface area contributed by atoms with Gasteiger partial charge in [-0.05, 0) is 13.0 Å². The van der Waals surface area contributed by atoms with Gasteiger partial charge in [0.05, 0.1) is 12.4 Å². The number of allylic oxidation sites excluding steroid dienone is 1. The lowest BCUT2D eigenvalue weighted by molar-refractivity contribution is 0.187. The summed E-state index contributed by atoms with van der Waals surface area (Å²) >= 11 is 0. The molecule has 0 spiro atoms. The molecule has 0 unspecified atom stereocenters. The average molecular weight is 112 g/mol. The Morgan fingerprint density at radius 3 is 2.38 bits per heavy atom. The Labute approximate surface area is 50.3 Å². The van der Waals surface area contributed by atoms with Crippen LogP contribution in [0.5, 0.6) is 0 Å². The van der Waals surface area contributed by atoms with Crippen molar-refractivity contribution >= 4 is 0 Å². The first-order chi connectivity index (χ1) is 3.60. The van der Waals surface area contributed by atoms with Crippen LogP contribution in [0.25, 0.3) is 0 Å². The molecule has 0 aromatic rings. The maximum Gasteiger partial charge on any atom is 0.0963 e. The SMILES string of the molecule is CC1=CC(C)(C)CO1. The van der Waals surface area contributed by atoms with Crippen LogP contribution in [0.2, 0.25) is 0 Å². The quantitative estimate of drug-likeness (QED) is 0.465. The van der Waals surface area contributed by atoms with Crippen LogP contribution in [0.4, 0.5) is 0 Å². The smallest absolute Gasteiger partial charge is 0.0963 e. The van der Waals surface area contributed by atoms with Crippen LogP contribution in [0.3, 0.4) is 0 Å². The topological polar surface area (TPSA) is 9.23 Å². The van der Waals surface area contributed by atoms with Gasteiger partial charge in [-0.25, -0.2) is 0 Å². The van der Waals surface area contributed by atoms with E-state index in [0.29, 0.717) is 0 Å². The van der Waals surface area contributed by atoms with Crippen molar-refractivity contribution in [2.24, 2.45) is 5.41 Å². The molecule has 0 saturated heterocycles. The predicted molar refractivity (Wildman–Crippen MR) is 33.5 cm³/mol. The number of hydrogen-bond acceptors (Lipinski definition) is 1. The van der Waals surface area contributed by atoms with Gasteiger partial charge in [0.1, 0.15) is 0 Å². The van der Waals surface area contributed by atoms with Gasteiger partial charge in [-0.3, -0.25) is 0 Å². The predicted octanol–water partition coefficient (Wildman–Crippen LogP) is 1.95. The highest BCUT2D eigenvalue weighted by molar-refractivity contribution is 5.04. The van der Waals surface area contributed by atoms with Gasteiger partial charge >= 0.3 is 0 Å². The Hall–Kier alpha value is -0.460. The Morgan fingerprint density at radius 2 is 2.25 bits per heavy atom. The molecule has 1 heteroatoms. The maximum atomic E-state index is 5.23. The van der Waals surface area contributed by atoms with E-state index in [-0.39, 0.29) is 5.41 Å². The highest BCUT2D eigenvalue weighted by Crippen LogP contribution is 2.26. The van der Waals surface area contributed by atoms with E-state index in [2.05, 4.69) is 19.9 Å². The standard InChI is InChI=1S/C7H12O/c1-6-4-7(2,3)5-8-6/h4H,5H2,1-3H3. The van der Waals surface area contributed by atoms with Gasteiger partial charge in [-0.1, -0.05) is 13.8 Å². The molecule has 1 rings (SSSR count). The molecule has 0 amide bonds. The molecule has 0 aliphatic carbocycles. The van der Waals surface area contributed by atoms with E-state index < -0.39 is 0 Å². The monoisotopic (exact) mass is 112 g/mol. The summed E-state index contributed by atoms with van der Waals surface area (Å²) in [6.45, 7) is 7.18. The largest absolute Gasteiger partial charge is 0.498 e. The first-order valence-electron chi connectivity index (χ1n) is 2.92. The Bertz CT molecular complexity index is 122. The van der Waals surface area contributed by atoms with E-state index in [4.69, 9.17) is 4.74 Å². The minimum Gasteiger partial charge on any atom is -0.498 e. The molecule has 0 radical (unpaired) electrons. The highest BCUT2D eigenvalue weighted by atomic mass is 16.5. The maximum absolute atomic E-state index is 5.23. The van der Waals surface area contributed by atoms with E-state index in [9.17, 15) is 0 Å². The fourth-order valence-corrected chi connectivity index (χ4v) is 0.933. The van der Waals surface area contributed by atoms with E-state index in [1.165, 1.54) is 0 Å². The minimum absolute atomic E-state index is 0.282. The van der Waals surface area contributed by atoms with Crippen molar-refractivity contribution in [3.05, 3.63) is 11.8 Å². The normalized spacial score (nSPS) is 24.6. The summed E-state index contributed by atoms with van der Waals surface area (Å²) < 4.78 is 5.23. The summed E-state index contributed by atoms with van der Waals surface area (Å²) in [5.74, 6) is 1.06. The molecule has 1 heterocycles. The zero-order chi connectivity index (χ0) is 6.20. The molecule has 8 heavy (non-hydrogen) atoms. The first-order valence-corrected chi connectivity index (χ1v) is 2.92. The van der Waals surface area contributed by atoms with Crippen molar-refractivity contribution in [3.8, 4) is 0 Å². The number of rotatable bonds is 0. The number of hydrogen-bond donors (Lipinski definition) is 0. The van der Waals surface area contributed by atoms with Crippen LogP contribution < -0.4 is 0 Å². The van der Waals surface area contributed by atoms with E-state index in [1.54, 1.807) is 0 Å². The zero-order valence-corrected chi connectivity index (χ0v) is 5.69. The third-order valence-corrected chi connectivity index (χ3v) is 1.27. The molecule has 0 aromatic heterocycles. The second-order valence-electron chi connectivity index (χ2n) is 3.03. The Balaban J connectivity index is 2.67. The summed E-state index contributed by atoms with van der Waals surface area (Å²) in [4.78, 5) is 0. The second-order valence-corrected chi connectivity index (χ2v) is 3.03. The fourth-order valence-electron chi connectivity index (χ4n) is 0.933. The zero-order valence-electron chi connectivity index (χ0n) is 5.69. The number of ether oxygens (including phenoxy) is 1. The molecule has 1 aliphatic heterocycles. The van der Waals surface area contributed by atoms with E-state index >= 15 is 0 Å². The van der Waals surface area contributed by atoms with Crippen LogP contribution in [0, 0.1) is 5.41 Å². The van der Waals surface area contributed by atoms with Crippen molar-refractivity contribution < 1.29 is 4.74 Å². The summed E-state index contributed by atoms with van der Waals surface area (Å²) in [6.07, 6.45) is 2.16. The fraction of sp³-hybridized carbons (Fsp3) is 0.714. The van der Waals surface area contributed by atoms with Crippen LogP contribution >= 0.6 is 0 Å². The van der Waals surface area contributed by atoms with E-state index in [1.807, 2.05) is 6.92 Å². The lowest BCUT2D eigenvalue weighted by Gasteiger charge is -2.09. The summed E-state index contributed by atoms with van der Waals surface area (Å²) in [6, 6.07) is 0.